The van der Waals surface area contributed by atoms with Crippen molar-refractivity contribution in [1.82, 2.24) is 19.3 Å². The second kappa shape index (κ2) is 8.36. The number of para-hydroxylation sites is 1. The van der Waals surface area contributed by atoms with E-state index in [9.17, 15) is 17.9 Å². The number of phenols is 1. The maximum Gasteiger partial charge on any atom is 0.243 e. The SMILES string of the molecule is [B]c1cnn2c(NCCNS(=O)(=O)c3ccccc3F)cc(-c3ccccc3O)nc12. The molecule has 11 heteroatoms. The summed E-state index contributed by atoms with van der Waals surface area (Å²) in [4.78, 5) is 4.05. The molecule has 0 bridgehead atoms. The van der Waals surface area contributed by atoms with Gasteiger partial charge < -0.3 is 10.4 Å². The van der Waals surface area contributed by atoms with E-state index in [-0.39, 0.29) is 18.8 Å². The molecule has 2 aromatic heterocycles. The van der Waals surface area contributed by atoms with Crippen molar-refractivity contribution in [3.8, 4) is 17.0 Å². The van der Waals surface area contributed by atoms with Crippen LogP contribution >= 0.6 is 0 Å². The van der Waals surface area contributed by atoms with Gasteiger partial charge in [-0.25, -0.2) is 22.5 Å². The Morgan fingerprint density at radius 3 is 2.61 bits per heavy atom. The van der Waals surface area contributed by atoms with Crippen molar-refractivity contribution in [3.63, 3.8) is 0 Å². The molecule has 2 radical (unpaired) electrons. The number of aromatic nitrogens is 3. The number of phenolic OH excluding ortho intramolecular Hbond substituents is 1. The molecule has 4 aromatic rings. The molecule has 3 N–H and O–H groups in total. The molecule has 4 rings (SSSR count). The molecule has 0 unspecified atom stereocenters. The highest BCUT2D eigenvalue weighted by atomic mass is 32.2. The Balaban J connectivity index is 1.55. The normalized spacial score (nSPS) is 11.6. The fraction of sp³-hybridized carbons (Fsp3) is 0.100. The molecule has 31 heavy (non-hydrogen) atoms. The first-order chi connectivity index (χ1) is 14.9. The summed E-state index contributed by atoms with van der Waals surface area (Å²) >= 11 is 0. The van der Waals surface area contributed by atoms with Crippen molar-refractivity contribution in [2.24, 2.45) is 0 Å². The van der Waals surface area contributed by atoms with E-state index < -0.39 is 20.7 Å². The lowest BCUT2D eigenvalue weighted by Gasteiger charge is -2.12. The van der Waals surface area contributed by atoms with Crippen molar-refractivity contribution in [2.45, 2.75) is 4.90 Å². The Kier molecular flexibility index (Phi) is 5.62. The summed E-state index contributed by atoms with van der Waals surface area (Å²) in [5.74, 6) is -0.274. The molecule has 0 atom stereocenters. The number of fused-ring (bicyclic) bond motifs is 1. The largest absolute Gasteiger partial charge is 0.507 e. The number of anilines is 1. The van der Waals surface area contributed by atoms with Crippen molar-refractivity contribution in [3.05, 3.63) is 66.6 Å². The highest BCUT2D eigenvalue weighted by Gasteiger charge is 2.18. The molecular formula is C20H17BFN5O3S. The number of halogens is 1. The summed E-state index contributed by atoms with van der Waals surface area (Å²) < 4.78 is 42.2. The third-order valence-corrected chi connectivity index (χ3v) is 6.02. The van der Waals surface area contributed by atoms with Crippen LogP contribution in [0.15, 0.2) is 65.7 Å². The summed E-state index contributed by atoms with van der Waals surface area (Å²) in [6.07, 6.45) is 1.45. The molecule has 0 saturated carbocycles. The summed E-state index contributed by atoms with van der Waals surface area (Å²) in [5, 5.41) is 17.4. The monoisotopic (exact) mass is 437 g/mol. The van der Waals surface area contributed by atoms with Gasteiger partial charge in [-0.3, -0.25) is 0 Å². The fourth-order valence-corrected chi connectivity index (χ4v) is 4.16. The molecule has 0 aliphatic heterocycles. The number of rotatable bonds is 7. The maximum atomic E-state index is 13.8. The molecule has 0 aliphatic carbocycles. The molecular weight excluding hydrogens is 420 g/mol. The molecule has 156 valence electrons. The Morgan fingerprint density at radius 2 is 1.84 bits per heavy atom. The van der Waals surface area contributed by atoms with Crippen LogP contribution in [-0.4, -0.2) is 49.1 Å². The second-order valence-corrected chi connectivity index (χ2v) is 8.37. The minimum absolute atomic E-state index is 0.0108. The van der Waals surface area contributed by atoms with Crippen LogP contribution in [0.1, 0.15) is 0 Å². The molecule has 2 heterocycles. The second-order valence-electron chi connectivity index (χ2n) is 6.63. The van der Waals surface area contributed by atoms with Crippen molar-refractivity contribution < 1.29 is 17.9 Å². The Bertz CT molecular complexity index is 1360. The zero-order chi connectivity index (χ0) is 22.0. The van der Waals surface area contributed by atoms with Crippen molar-refractivity contribution in [1.29, 1.82) is 0 Å². The number of nitrogens with zero attached hydrogens (tertiary/aromatic N) is 3. The summed E-state index contributed by atoms with van der Waals surface area (Å²) in [5.41, 5.74) is 1.71. The van der Waals surface area contributed by atoms with E-state index in [2.05, 4.69) is 20.1 Å². The molecule has 8 nitrogen and oxygen atoms in total. The lowest BCUT2D eigenvalue weighted by atomic mass is 10.0. The van der Waals surface area contributed by atoms with E-state index >= 15 is 0 Å². The summed E-state index contributed by atoms with van der Waals surface area (Å²) in [6.45, 7) is 0.163. The van der Waals surface area contributed by atoms with Gasteiger partial charge in [-0.1, -0.05) is 24.3 Å². The Labute approximate surface area is 179 Å². The number of hydrogen-bond donors (Lipinski definition) is 3. The van der Waals surface area contributed by atoms with Gasteiger partial charge in [-0.15, -0.1) is 0 Å². The minimum Gasteiger partial charge on any atom is -0.507 e. The van der Waals surface area contributed by atoms with Gasteiger partial charge in [-0.2, -0.15) is 9.61 Å². The van der Waals surface area contributed by atoms with Gasteiger partial charge in [0.1, 0.15) is 30.1 Å². The van der Waals surface area contributed by atoms with Gasteiger partial charge in [0.2, 0.25) is 10.0 Å². The van der Waals surface area contributed by atoms with Crippen LogP contribution in [0.5, 0.6) is 5.75 Å². The third-order valence-electron chi connectivity index (χ3n) is 4.53. The van der Waals surface area contributed by atoms with Crippen LogP contribution in [-0.2, 0) is 10.0 Å². The number of aromatic hydroxyl groups is 1. The van der Waals surface area contributed by atoms with Gasteiger partial charge in [0.15, 0.2) is 5.65 Å². The van der Waals surface area contributed by atoms with Gasteiger partial charge >= 0.3 is 0 Å². The van der Waals surface area contributed by atoms with Crippen LogP contribution in [0.2, 0.25) is 0 Å². The zero-order valence-corrected chi connectivity index (χ0v) is 17.0. The minimum atomic E-state index is -3.99. The summed E-state index contributed by atoms with van der Waals surface area (Å²) in [6, 6.07) is 13.6. The van der Waals surface area contributed by atoms with Crippen LogP contribution < -0.4 is 15.5 Å². The Morgan fingerprint density at radius 1 is 1.10 bits per heavy atom. The van der Waals surface area contributed by atoms with Crippen LogP contribution in [0.25, 0.3) is 16.9 Å². The van der Waals surface area contributed by atoms with Gasteiger partial charge in [0, 0.05) is 30.9 Å². The quantitative estimate of drug-likeness (QED) is 0.298. The molecule has 0 spiro atoms. The smallest absolute Gasteiger partial charge is 0.243 e. The average Bonchev–Trinajstić information content (AvgIpc) is 3.12. The van der Waals surface area contributed by atoms with Gasteiger partial charge in [0.05, 0.1) is 5.69 Å². The van der Waals surface area contributed by atoms with Crippen molar-refractivity contribution >= 4 is 34.8 Å². The van der Waals surface area contributed by atoms with Crippen LogP contribution in [0.4, 0.5) is 10.2 Å². The standard InChI is InChI=1S/C20H17BFN5O3S/c21-14-12-24-27-19(11-16(26-20(14)27)13-5-1-3-7-17(13)28)23-9-10-25-31(29,30)18-8-4-2-6-15(18)22/h1-8,11-12,23,25,28H,9-10H2. The van der Waals surface area contributed by atoms with E-state index in [1.54, 1.807) is 30.3 Å². The number of nitrogens with one attached hydrogen (secondary N) is 2. The van der Waals surface area contributed by atoms with Gasteiger partial charge in [0.25, 0.3) is 0 Å². The third kappa shape index (κ3) is 4.23. The van der Waals surface area contributed by atoms with E-state index in [1.165, 1.54) is 28.9 Å². The number of benzene rings is 2. The lowest BCUT2D eigenvalue weighted by Crippen LogP contribution is -2.29. The van der Waals surface area contributed by atoms with E-state index in [0.29, 0.717) is 28.2 Å². The fourth-order valence-electron chi connectivity index (χ4n) is 3.05. The van der Waals surface area contributed by atoms with E-state index in [0.717, 1.165) is 6.07 Å². The van der Waals surface area contributed by atoms with E-state index in [1.807, 2.05) is 0 Å². The first-order valence-electron chi connectivity index (χ1n) is 9.27. The first-order valence-corrected chi connectivity index (χ1v) is 10.8. The van der Waals surface area contributed by atoms with Crippen LogP contribution in [0, 0.1) is 5.82 Å². The molecule has 0 amide bonds. The lowest BCUT2D eigenvalue weighted by molar-refractivity contribution is 0.477. The van der Waals surface area contributed by atoms with Gasteiger partial charge in [-0.05, 0) is 29.7 Å². The molecule has 0 saturated heterocycles. The van der Waals surface area contributed by atoms with Crippen molar-refractivity contribution in [2.75, 3.05) is 18.4 Å². The predicted octanol–water partition coefficient (Wildman–Crippen LogP) is 1.43. The van der Waals surface area contributed by atoms with Crippen LogP contribution in [0.3, 0.4) is 0 Å². The van der Waals surface area contributed by atoms with E-state index in [4.69, 9.17) is 7.85 Å². The highest BCUT2D eigenvalue weighted by Crippen LogP contribution is 2.29. The molecule has 0 fully saturated rings. The number of hydrogen-bond acceptors (Lipinski definition) is 6. The molecule has 0 aliphatic rings. The first kappa shape index (κ1) is 20.8. The average molecular weight is 437 g/mol. The zero-order valence-electron chi connectivity index (χ0n) is 16.2. The Hall–Kier alpha value is -3.44. The predicted molar refractivity (Wildman–Crippen MR) is 116 cm³/mol. The topological polar surface area (TPSA) is 109 Å². The maximum absolute atomic E-state index is 13.8. The molecule has 2 aromatic carbocycles. The summed E-state index contributed by atoms with van der Waals surface area (Å²) in [7, 11) is 1.96. The highest BCUT2D eigenvalue weighted by molar-refractivity contribution is 7.89. The number of sulfonamides is 1.